The normalized spacial score (nSPS) is 16.3. The van der Waals surface area contributed by atoms with Gasteiger partial charge >= 0.3 is 0 Å². The minimum atomic E-state index is 0.201. The summed E-state index contributed by atoms with van der Waals surface area (Å²) in [6, 6.07) is 0. The van der Waals surface area contributed by atoms with Crippen molar-refractivity contribution >= 4 is 23.5 Å². The van der Waals surface area contributed by atoms with E-state index in [-0.39, 0.29) is 5.28 Å². The highest BCUT2D eigenvalue weighted by Crippen LogP contribution is 2.08. The van der Waals surface area contributed by atoms with Gasteiger partial charge in [-0.1, -0.05) is 0 Å². The van der Waals surface area contributed by atoms with Crippen molar-refractivity contribution in [2.45, 2.75) is 6.92 Å². The molecular weight excluding hydrogens is 268 g/mol. The summed E-state index contributed by atoms with van der Waals surface area (Å²) in [5.41, 5.74) is 0. The van der Waals surface area contributed by atoms with Crippen LogP contribution in [-0.4, -0.2) is 60.9 Å². The molecule has 0 bridgehead atoms. The summed E-state index contributed by atoms with van der Waals surface area (Å²) >= 11 is 5.85. The third-order valence-corrected chi connectivity index (χ3v) is 3.07. The van der Waals surface area contributed by atoms with Crippen molar-refractivity contribution in [1.29, 1.82) is 0 Å². The zero-order valence-corrected chi connectivity index (χ0v) is 11.8. The van der Waals surface area contributed by atoms with Crippen molar-refractivity contribution in [2.24, 2.45) is 0 Å². The zero-order valence-electron chi connectivity index (χ0n) is 11.1. The maximum absolute atomic E-state index is 5.85. The quantitative estimate of drug-likeness (QED) is 0.641. The van der Waals surface area contributed by atoms with Gasteiger partial charge in [0.05, 0.1) is 26.3 Å². The topological polar surface area (TPSA) is 76.4 Å². The van der Waals surface area contributed by atoms with Crippen molar-refractivity contribution in [2.75, 3.05) is 56.6 Å². The zero-order chi connectivity index (χ0) is 13.5. The standard InChI is InChI=1S/C11H19ClN6O/c1-2-13-10-15-9(12)16-11(17-10)14-3-4-18-5-7-19-8-6-18/h2-8H2,1H3,(H2,13,14,15,16,17)/p+1. The largest absolute Gasteiger partial charge is 0.370 e. The Labute approximate surface area is 117 Å². The van der Waals surface area contributed by atoms with Crippen LogP contribution in [0.1, 0.15) is 6.92 Å². The van der Waals surface area contributed by atoms with Crippen LogP contribution >= 0.6 is 11.6 Å². The monoisotopic (exact) mass is 287 g/mol. The van der Waals surface area contributed by atoms with Crippen LogP contribution in [0.25, 0.3) is 0 Å². The van der Waals surface area contributed by atoms with E-state index in [1.165, 1.54) is 4.90 Å². The molecule has 8 heteroatoms. The van der Waals surface area contributed by atoms with E-state index in [9.17, 15) is 0 Å². The average molecular weight is 288 g/mol. The number of hydrogen-bond donors (Lipinski definition) is 3. The fraction of sp³-hybridized carbons (Fsp3) is 0.727. The van der Waals surface area contributed by atoms with E-state index in [4.69, 9.17) is 16.3 Å². The first-order valence-corrected chi connectivity index (χ1v) is 6.96. The number of nitrogens with zero attached hydrogens (tertiary/aromatic N) is 3. The summed E-state index contributed by atoms with van der Waals surface area (Å²) in [5.74, 6) is 1.02. The number of rotatable bonds is 6. The van der Waals surface area contributed by atoms with Crippen LogP contribution in [-0.2, 0) is 4.74 Å². The molecule has 0 saturated carbocycles. The molecule has 106 valence electrons. The molecule has 3 N–H and O–H groups in total. The highest BCUT2D eigenvalue weighted by Gasteiger charge is 2.13. The van der Waals surface area contributed by atoms with E-state index >= 15 is 0 Å². The molecule has 0 spiro atoms. The number of aromatic nitrogens is 3. The van der Waals surface area contributed by atoms with Gasteiger partial charge < -0.3 is 20.3 Å². The third kappa shape index (κ3) is 4.77. The number of morpholine rings is 1. The van der Waals surface area contributed by atoms with Crippen LogP contribution in [0.2, 0.25) is 5.28 Å². The molecule has 1 aliphatic heterocycles. The number of halogens is 1. The molecule has 0 aliphatic carbocycles. The molecular formula is C11H20ClN6O+. The predicted octanol–water partition coefficient (Wildman–Crippen LogP) is -0.716. The smallest absolute Gasteiger partial charge is 0.229 e. The van der Waals surface area contributed by atoms with Gasteiger partial charge in [0.1, 0.15) is 13.1 Å². The second kappa shape index (κ2) is 7.42. The van der Waals surface area contributed by atoms with Gasteiger partial charge in [-0.3, -0.25) is 0 Å². The van der Waals surface area contributed by atoms with Crippen LogP contribution in [0.15, 0.2) is 0 Å². The Morgan fingerprint density at radius 3 is 2.53 bits per heavy atom. The molecule has 1 aromatic rings. The fourth-order valence-electron chi connectivity index (χ4n) is 1.93. The summed E-state index contributed by atoms with van der Waals surface area (Å²) in [6.07, 6.45) is 0. The van der Waals surface area contributed by atoms with E-state index < -0.39 is 0 Å². The lowest BCUT2D eigenvalue weighted by atomic mass is 10.4. The Kier molecular flexibility index (Phi) is 5.56. The number of quaternary nitrogens is 1. The number of ether oxygens (including phenoxy) is 1. The first kappa shape index (κ1) is 14.2. The molecule has 0 amide bonds. The van der Waals surface area contributed by atoms with Crippen molar-refractivity contribution in [3.05, 3.63) is 5.28 Å². The molecule has 19 heavy (non-hydrogen) atoms. The molecule has 1 saturated heterocycles. The molecule has 1 aliphatic rings. The first-order valence-electron chi connectivity index (χ1n) is 6.58. The maximum atomic E-state index is 5.85. The average Bonchev–Trinajstić information content (AvgIpc) is 2.40. The number of hydrogen-bond acceptors (Lipinski definition) is 6. The summed E-state index contributed by atoms with van der Waals surface area (Å²) in [6.45, 7) is 8.36. The summed E-state index contributed by atoms with van der Waals surface area (Å²) in [7, 11) is 0. The number of nitrogens with one attached hydrogen (secondary N) is 3. The summed E-state index contributed by atoms with van der Waals surface area (Å²) < 4.78 is 5.32. The fourth-order valence-corrected chi connectivity index (χ4v) is 2.09. The maximum Gasteiger partial charge on any atom is 0.229 e. The second-order valence-corrected chi connectivity index (χ2v) is 4.66. The van der Waals surface area contributed by atoms with Crippen LogP contribution in [0.5, 0.6) is 0 Å². The summed E-state index contributed by atoms with van der Waals surface area (Å²) in [4.78, 5) is 13.8. The van der Waals surface area contributed by atoms with Crippen molar-refractivity contribution in [1.82, 2.24) is 15.0 Å². The molecule has 2 rings (SSSR count). The Bertz CT molecular complexity index is 399. The van der Waals surface area contributed by atoms with E-state index in [0.29, 0.717) is 11.9 Å². The van der Waals surface area contributed by atoms with Gasteiger partial charge in [0.15, 0.2) is 0 Å². The van der Waals surface area contributed by atoms with Gasteiger partial charge in [-0.2, -0.15) is 15.0 Å². The van der Waals surface area contributed by atoms with Gasteiger partial charge in [-0.25, -0.2) is 0 Å². The van der Waals surface area contributed by atoms with Crippen molar-refractivity contribution in [3.8, 4) is 0 Å². The van der Waals surface area contributed by atoms with Crippen LogP contribution < -0.4 is 15.5 Å². The van der Waals surface area contributed by atoms with Gasteiger partial charge in [0, 0.05) is 6.54 Å². The van der Waals surface area contributed by atoms with Gasteiger partial charge in [0.25, 0.3) is 0 Å². The molecule has 1 fully saturated rings. The first-order chi connectivity index (χ1) is 9.28. The Morgan fingerprint density at radius 2 is 1.84 bits per heavy atom. The SMILES string of the molecule is CCNc1nc(Cl)nc(NCC[NH+]2CCOCC2)n1. The van der Waals surface area contributed by atoms with Crippen molar-refractivity contribution in [3.63, 3.8) is 0 Å². The molecule has 2 heterocycles. The lowest BCUT2D eigenvalue weighted by Crippen LogP contribution is -3.14. The van der Waals surface area contributed by atoms with Gasteiger partial charge in [0.2, 0.25) is 17.2 Å². The molecule has 0 unspecified atom stereocenters. The van der Waals surface area contributed by atoms with Gasteiger partial charge in [-0.05, 0) is 18.5 Å². The third-order valence-electron chi connectivity index (χ3n) is 2.90. The van der Waals surface area contributed by atoms with E-state index in [2.05, 4.69) is 25.6 Å². The summed E-state index contributed by atoms with van der Waals surface area (Å²) in [5, 5.41) is 6.40. The minimum Gasteiger partial charge on any atom is -0.370 e. The van der Waals surface area contributed by atoms with E-state index in [1.807, 2.05) is 6.92 Å². The van der Waals surface area contributed by atoms with Crippen LogP contribution in [0.4, 0.5) is 11.9 Å². The van der Waals surface area contributed by atoms with Crippen LogP contribution in [0, 0.1) is 0 Å². The molecule has 0 aromatic carbocycles. The lowest BCUT2D eigenvalue weighted by Gasteiger charge is -2.23. The van der Waals surface area contributed by atoms with E-state index in [1.54, 1.807) is 0 Å². The van der Waals surface area contributed by atoms with Crippen LogP contribution in [0.3, 0.4) is 0 Å². The lowest BCUT2D eigenvalue weighted by molar-refractivity contribution is -0.906. The second-order valence-electron chi connectivity index (χ2n) is 4.32. The molecule has 0 atom stereocenters. The van der Waals surface area contributed by atoms with E-state index in [0.717, 1.165) is 45.9 Å². The van der Waals surface area contributed by atoms with Gasteiger partial charge in [-0.15, -0.1) is 0 Å². The Hall–Kier alpha value is -1.18. The molecule has 0 radical (unpaired) electrons. The Balaban J connectivity index is 1.81. The van der Waals surface area contributed by atoms with Crippen molar-refractivity contribution < 1.29 is 9.64 Å². The highest BCUT2D eigenvalue weighted by molar-refractivity contribution is 6.28. The molecule has 1 aromatic heterocycles. The molecule has 7 nitrogen and oxygen atoms in total. The number of anilines is 2. The predicted molar refractivity (Wildman–Crippen MR) is 73.9 cm³/mol. The minimum absolute atomic E-state index is 0.201. The Morgan fingerprint density at radius 1 is 1.16 bits per heavy atom. The highest BCUT2D eigenvalue weighted by atomic mass is 35.5.